The molecule has 5 heteroatoms. The van der Waals surface area contributed by atoms with Gasteiger partial charge in [0.2, 0.25) is 5.91 Å². The second-order valence-electron chi connectivity index (χ2n) is 7.10. The maximum absolute atomic E-state index is 12.6. The van der Waals surface area contributed by atoms with Gasteiger partial charge >= 0.3 is 0 Å². The van der Waals surface area contributed by atoms with Crippen LogP contribution in [0, 0.1) is 18.3 Å². The zero-order valence-corrected chi connectivity index (χ0v) is 16.0. The van der Waals surface area contributed by atoms with E-state index < -0.39 is 0 Å². The van der Waals surface area contributed by atoms with Crippen molar-refractivity contribution in [3.8, 4) is 6.07 Å². The summed E-state index contributed by atoms with van der Waals surface area (Å²) in [5.41, 5.74) is 3.86. The van der Waals surface area contributed by atoms with Crippen LogP contribution < -0.4 is 5.32 Å². The van der Waals surface area contributed by atoms with Crippen molar-refractivity contribution in [2.75, 3.05) is 31.5 Å². The third kappa shape index (κ3) is 4.94. The van der Waals surface area contributed by atoms with Crippen LogP contribution in [-0.2, 0) is 11.3 Å². The molecule has 2 aromatic rings. The number of rotatable bonds is 5. The van der Waals surface area contributed by atoms with Gasteiger partial charge in [0.25, 0.3) is 0 Å². The average molecular weight is 362 g/mol. The van der Waals surface area contributed by atoms with E-state index in [-0.39, 0.29) is 11.9 Å². The molecular weight excluding hydrogens is 336 g/mol. The maximum atomic E-state index is 12.6. The molecule has 1 atom stereocenters. The molecule has 0 aromatic heterocycles. The fraction of sp³-hybridized carbons (Fsp3) is 0.364. The topological polar surface area (TPSA) is 59.4 Å². The average Bonchev–Trinajstić information content (AvgIpc) is 2.70. The smallest absolute Gasteiger partial charge is 0.241 e. The van der Waals surface area contributed by atoms with E-state index in [1.54, 1.807) is 0 Å². The Morgan fingerprint density at radius 3 is 2.41 bits per heavy atom. The molecule has 1 heterocycles. The van der Waals surface area contributed by atoms with E-state index in [4.69, 9.17) is 5.26 Å². The first kappa shape index (κ1) is 19.1. The molecule has 0 aliphatic carbocycles. The lowest BCUT2D eigenvalue weighted by molar-refractivity contribution is -0.121. The number of hydrogen-bond donors (Lipinski definition) is 1. The van der Waals surface area contributed by atoms with Crippen LogP contribution in [0.4, 0.5) is 5.69 Å². The van der Waals surface area contributed by atoms with Crippen molar-refractivity contribution in [2.24, 2.45) is 0 Å². The van der Waals surface area contributed by atoms with Gasteiger partial charge in [-0.15, -0.1) is 0 Å². The molecule has 27 heavy (non-hydrogen) atoms. The molecule has 1 saturated heterocycles. The SMILES string of the molecule is Cc1ccccc1NC(=O)C(C)N1CCN(Cc2ccc(C#N)cc2)CC1. The van der Waals surface area contributed by atoms with E-state index >= 15 is 0 Å². The summed E-state index contributed by atoms with van der Waals surface area (Å²) in [5.74, 6) is 0.0462. The van der Waals surface area contributed by atoms with Crippen molar-refractivity contribution in [1.29, 1.82) is 5.26 Å². The van der Waals surface area contributed by atoms with E-state index in [1.807, 2.05) is 62.4 Å². The largest absolute Gasteiger partial charge is 0.324 e. The molecule has 3 rings (SSSR count). The van der Waals surface area contributed by atoms with Gasteiger partial charge in [-0.25, -0.2) is 0 Å². The van der Waals surface area contributed by atoms with Crippen molar-refractivity contribution in [3.63, 3.8) is 0 Å². The number of amides is 1. The van der Waals surface area contributed by atoms with E-state index in [2.05, 4.69) is 21.2 Å². The highest BCUT2D eigenvalue weighted by atomic mass is 16.2. The second-order valence-corrected chi connectivity index (χ2v) is 7.10. The van der Waals surface area contributed by atoms with Gasteiger partial charge < -0.3 is 5.32 Å². The third-order valence-electron chi connectivity index (χ3n) is 5.23. The number of anilines is 1. The first-order chi connectivity index (χ1) is 13.1. The molecule has 0 spiro atoms. The second kappa shape index (κ2) is 8.81. The quantitative estimate of drug-likeness (QED) is 0.888. The normalized spacial score (nSPS) is 16.5. The van der Waals surface area contributed by atoms with Crippen LogP contribution >= 0.6 is 0 Å². The van der Waals surface area contributed by atoms with E-state index in [9.17, 15) is 4.79 Å². The van der Waals surface area contributed by atoms with Gasteiger partial charge in [0.15, 0.2) is 0 Å². The Morgan fingerprint density at radius 2 is 1.78 bits per heavy atom. The first-order valence-corrected chi connectivity index (χ1v) is 9.39. The fourth-order valence-corrected chi connectivity index (χ4v) is 3.37. The van der Waals surface area contributed by atoms with E-state index in [1.165, 1.54) is 5.56 Å². The molecule has 1 N–H and O–H groups in total. The lowest BCUT2D eigenvalue weighted by atomic mass is 10.1. The first-order valence-electron chi connectivity index (χ1n) is 9.39. The number of hydrogen-bond acceptors (Lipinski definition) is 4. The summed E-state index contributed by atoms with van der Waals surface area (Å²) in [6.07, 6.45) is 0. The maximum Gasteiger partial charge on any atom is 0.241 e. The summed E-state index contributed by atoms with van der Waals surface area (Å²) in [4.78, 5) is 17.2. The number of carbonyl (C=O) groups excluding carboxylic acids is 1. The Morgan fingerprint density at radius 1 is 1.11 bits per heavy atom. The standard InChI is InChI=1S/C22H26N4O/c1-17-5-3-4-6-21(17)24-22(27)18(2)26-13-11-25(12-14-26)16-20-9-7-19(15-23)8-10-20/h3-10,18H,11-14,16H2,1-2H3,(H,24,27). The molecule has 1 amide bonds. The zero-order valence-electron chi connectivity index (χ0n) is 16.0. The Hall–Kier alpha value is -2.68. The summed E-state index contributed by atoms with van der Waals surface area (Å²) < 4.78 is 0. The Kier molecular flexibility index (Phi) is 6.23. The van der Waals surface area contributed by atoms with Gasteiger partial charge in [-0.3, -0.25) is 14.6 Å². The van der Waals surface area contributed by atoms with Crippen LogP contribution in [0.2, 0.25) is 0 Å². The fourth-order valence-electron chi connectivity index (χ4n) is 3.37. The lowest BCUT2D eigenvalue weighted by Crippen LogP contribution is -2.52. The van der Waals surface area contributed by atoms with Crippen molar-refractivity contribution in [2.45, 2.75) is 26.4 Å². The monoisotopic (exact) mass is 362 g/mol. The van der Waals surface area contributed by atoms with Crippen molar-refractivity contribution in [3.05, 3.63) is 65.2 Å². The van der Waals surface area contributed by atoms with Gasteiger partial charge in [0.05, 0.1) is 17.7 Å². The molecule has 140 valence electrons. The van der Waals surface area contributed by atoms with Crippen LogP contribution in [0.25, 0.3) is 0 Å². The van der Waals surface area contributed by atoms with Gasteiger partial charge in [-0.05, 0) is 43.2 Å². The van der Waals surface area contributed by atoms with Crippen molar-refractivity contribution >= 4 is 11.6 Å². The van der Waals surface area contributed by atoms with Crippen LogP contribution in [0.1, 0.15) is 23.6 Å². The van der Waals surface area contributed by atoms with E-state index in [0.717, 1.165) is 44.0 Å². The number of nitrogens with one attached hydrogen (secondary N) is 1. The Balaban J connectivity index is 1.49. The molecule has 1 unspecified atom stereocenters. The third-order valence-corrected chi connectivity index (χ3v) is 5.23. The van der Waals surface area contributed by atoms with E-state index in [0.29, 0.717) is 5.56 Å². The molecule has 1 aliphatic heterocycles. The number of aryl methyl sites for hydroxylation is 1. The van der Waals surface area contributed by atoms with Crippen molar-refractivity contribution < 1.29 is 4.79 Å². The van der Waals surface area contributed by atoms with Gasteiger partial charge in [0.1, 0.15) is 0 Å². The minimum atomic E-state index is -0.151. The summed E-state index contributed by atoms with van der Waals surface area (Å²) in [6.45, 7) is 8.47. The highest BCUT2D eigenvalue weighted by Crippen LogP contribution is 2.16. The summed E-state index contributed by atoms with van der Waals surface area (Å²) in [7, 11) is 0. The summed E-state index contributed by atoms with van der Waals surface area (Å²) in [6, 6.07) is 17.6. The minimum Gasteiger partial charge on any atom is -0.324 e. The van der Waals surface area contributed by atoms with Crippen LogP contribution in [0.15, 0.2) is 48.5 Å². The van der Waals surface area contributed by atoms with Crippen LogP contribution in [0.5, 0.6) is 0 Å². The van der Waals surface area contributed by atoms with Crippen molar-refractivity contribution in [1.82, 2.24) is 9.80 Å². The van der Waals surface area contributed by atoms with Crippen LogP contribution in [-0.4, -0.2) is 47.9 Å². The summed E-state index contributed by atoms with van der Waals surface area (Å²) in [5, 5.41) is 11.9. The molecule has 0 bridgehead atoms. The van der Waals surface area contributed by atoms with Gasteiger partial charge in [-0.2, -0.15) is 5.26 Å². The predicted molar refractivity (Wildman–Crippen MR) is 107 cm³/mol. The Bertz CT molecular complexity index is 817. The van der Waals surface area contributed by atoms with Gasteiger partial charge in [0, 0.05) is 38.4 Å². The molecular formula is C22H26N4O. The number of para-hydroxylation sites is 1. The highest BCUT2D eigenvalue weighted by Gasteiger charge is 2.25. The number of nitrogens with zero attached hydrogens (tertiary/aromatic N) is 3. The molecule has 1 fully saturated rings. The molecule has 5 nitrogen and oxygen atoms in total. The molecule has 1 aliphatic rings. The lowest BCUT2D eigenvalue weighted by Gasteiger charge is -2.37. The number of benzene rings is 2. The number of piperazine rings is 1. The minimum absolute atomic E-state index is 0.0462. The Labute approximate surface area is 161 Å². The van der Waals surface area contributed by atoms with Gasteiger partial charge in [-0.1, -0.05) is 30.3 Å². The molecule has 2 aromatic carbocycles. The molecule has 0 saturated carbocycles. The zero-order chi connectivity index (χ0) is 19.2. The molecule has 0 radical (unpaired) electrons. The summed E-state index contributed by atoms with van der Waals surface area (Å²) >= 11 is 0. The van der Waals surface area contributed by atoms with Crippen LogP contribution in [0.3, 0.4) is 0 Å². The highest BCUT2D eigenvalue weighted by molar-refractivity contribution is 5.95. The number of nitriles is 1. The number of carbonyl (C=O) groups is 1. The predicted octanol–water partition coefficient (Wildman–Crippen LogP) is 3.01.